The molecule has 0 spiro atoms. The number of esters is 1. The molecule has 8 atom stereocenters. The van der Waals surface area contributed by atoms with Gasteiger partial charge in [-0.15, -0.1) is 0 Å². The zero-order valence-electron chi connectivity index (χ0n) is 18.8. The summed E-state index contributed by atoms with van der Waals surface area (Å²) in [7, 11) is 0. The molecule has 0 aromatic carbocycles. The van der Waals surface area contributed by atoms with E-state index in [9.17, 15) is 29.1 Å². The average Bonchev–Trinajstić information content (AvgIpc) is 3.21. The SMILES string of the molecule is C[C@H]1C[C@H]2CC[C@H]3OC(=O)C([C@@H]1SC[C@H](NC(=O)CC[C@H](N)C(=O)O)C(=O)NCC(=O)O)[C@@]23O. The first-order valence-corrected chi connectivity index (χ1v) is 12.3. The molecule has 3 fully saturated rings. The number of carboxylic acids is 2. The lowest BCUT2D eigenvalue weighted by molar-refractivity contribution is -0.145. The Balaban J connectivity index is 1.68. The van der Waals surface area contributed by atoms with Gasteiger partial charge in [0.15, 0.2) is 0 Å². The highest BCUT2D eigenvalue weighted by Crippen LogP contribution is 2.58. The number of thioether (sulfide) groups is 1. The van der Waals surface area contributed by atoms with Gasteiger partial charge in [-0.1, -0.05) is 6.92 Å². The number of ether oxygens (including phenoxy) is 1. The van der Waals surface area contributed by atoms with Gasteiger partial charge >= 0.3 is 17.9 Å². The van der Waals surface area contributed by atoms with Gasteiger partial charge in [0.25, 0.3) is 0 Å². The molecule has 1 heterocycles. The van der Waals surface area contributed by atoms with Crippen LogP contribution in [0.5, 0.6) is 0 Å². The summed E-state index contributed by atoms with van der Waals surface area (Å²) in [6, 6.07) is -2.36. The van der Waals surface area contributed by atoms with Crippen molar-refractivity contribution in [3.63, 3.8) is 0 Å². The smallest absolute Gasteiger partial charge is 0.322 e. The lowest BCUT2D eigenvalue weighted by atomic mass is 9.66. The van der Waals surface area contributed by atoms with Crippen LogP contribution in [0.4, 0.5) is 0 Å². The molecule has 7 N–H and O–H groups in total. The molecule has 3 rings (SSSR count). The van der Waals surface area contributed by atoms with Crippen LogP contribution in [-0.2, 0) is 28.7 Å². The average molecular weight is 502 g/mol. The number of hydrogen-bond donors (Lipinski definition) is 6. The number of carbonyl (C=O) groups is 5. The van der Waals surface area contributed by atoms with Crippen molar-refractivity contribution < 1.29 is 44.0 Å². The van der Waals surface area contributed by atoms with Crippen LogP contribution >= 0.6 is 11.8 Å². The molecule has 0 bridgehead atoms. The van der Waals surface area contributed by atoms with Crippen LogP contribution in [0.1, 0.15) is 39.0 Å². The summed E-state index contributed by atoms with van der Waals surface area (Å²) in [6.07, 6.45) is 1.19. The highest BCUT2D eigenvalue weighted by molar-refractivity contribution is 8.00. The van der Waals surface area contributed by atoms with Gasteiger partial charge in [-0.05, 0) is 37.5 Å². The molecule has 190 valence electrons. The topological polar surface area (TPSA) is 205 Å². The second-order valence-corrected chi connectivity index (χ2v) is 10.5. The molecule has 34 heavy (non-hydrogen) atoms. The van der Waals surface area contributed by atoms with E-state index in [0.717, 1.165) is 6.42 Å². The first kappa shape index (κ1) is 26.2. The van der Waals surface area contributed by atoms with Crippen LogP contribution in [0.2, 0.25) is 0 Å². The Kier molecular flexibility index (Phi) is 8.09. The Labute approximate surface area is 200 Å². The van der Waals surface area contributed by atoms with Crippen molar-refractivity contribution in [3.05, 3.63) is 0 Å². The predicted octanol–water partition coefficient (Wildman–Crippen LogP) is -1.31. The van der Waals surface area contributed by atoms with Gasteiger partial charge in [0.1, 0.15) is 36.3 Å². The van der Waals surface area contributed by atoms with Crippen LogP contribution in [-0.4, -0.2) is 86.4 Å². The van der Waals surface area contributed by atoms with Crippen molar-refractivity contribution in [2.24, 2.45) is 23.5 Å². The van der Waals surface area contributed by atoms with E-state index in [4.69, 9.17) is 20.7 Å². The van der Waals surface area contributed by atoms with Crippen LogP contribution in [0.3, 0.4) is 0 Å². The first-order valence-electron chi connectivity index (χ1n) is 11.3. The summed E-state index contributed by atoms with van der Waals surface area (Å²) >= 11 is 1.26. The molecule has 0 aromatic rings. The molecule has 1 aliphatic heterocycles. The van der Waals surface area contributed by atoms with E-state index in [-0.39, 0.29) is 35.7 Å². The van der Waals surface area contributed by atoms with Crippen molar-refractivity contribution in [3.8, 4) is 0 Å². The van der Waals surface area contributed by atoms with Gasteiger partial charge in [0.05, 0.1) is 0 Å². The number of nitrogens with one attached hydrogen (secondary N) is 2. The lowest BCUT2D eigenvalue weighted by Gasteiger charge is -2.44. The largest absolute Gasteiger partial charge is 0.480 e. The summed E-state index contributed by atoms with van der Waals surface area (Å²) < 4.78 is 5.46. The molecule has 2 amide bonds. The van der Waals surface area contributed by atoms with E-state index in [1.165, 1.54) is 11.8 Å². The minimum absolute atomic E-state index is 0.0202. The molecule has 3 aliphatic rings. The second-order valence-electron chi connectivity index (χ2n) is 9.29. The number of carboxylic acid groups (broad SMARTS) is 2. The third kappa shape index (κ3) is 5.31. The van der Waals surface area contributed by atoms with Gasteiger partial charge in [0.2, 0.25) is 11.8 Å². The number of rotatable bonds is 11. The number of carbonyl (C=O) groups excluding carboxylic acids is 3. The first-order chi connectivity index (χ1) is 15.9. The van der Waals surface area contributed by atoms with Crippen LogP contribution in [0, 0.1) is 17.8 Å². The number of aliphatic hydroxyl groups is 1. The van der Waals surface area contributed by atoms with E-state index in [2.05, 4.69) is 10.6 Å². The quantitative estimate of drug-likeness (QED) is 0.183. The van der Waals surface area contributed by atoms with Gasteiger partial charge in [-0.3, -0.25) is 24.0 Å². The summed E-state index contributed by atoms with van der Waals surface area (Å²) in [6.45, 7) is 1.33. The van der Waals surface area contributed by atoms with Crippen LogP contribution in [0.25, 0.3) is 0 Å². The second kappa shape index (κ2) is 10.5. The summed E-state index contributed by atoms with van der Waals surface area (Å²) in [5, 5.41) is 33.5. The molecular formula is C21H31N3O9S. The summed E-state index contributed by atoms with van der Waals surface area (Å²) in [5.41, 5.74) is 4.18. The Morgan fingerprint density at radius 1 is 1.26 bits per heavy atom. The molecule has 12 nitrogen and oxygen atoms in total. The van der Waals surface area contributed by atoms with Crippen LogP contribution < -0.4 is 16.4 Å². The maximum absolute atomic E-state index is 12.6. The Bertz CT molecular complexity index is 855. The molecular weight excluding hydrogens is 470 g/mol. The molecule has 1 saturated heterocycles. The highest BCUT2D eigenvalue weighted by atomic mass is 32.2. The fourth-order valence-corrected chi connectivity index (χ4v) is 6.93. The number of amides is 2. The fourth-order valence-electron chi connectivity index (χ4n) is 5.32. The third-order valence-electron chi connectivity index (χ3n) is 7.02. The van der Waals surface area contributed by atoms with Crippen molar-refractivity contribution in [1.82, 2.24) is 10.6 Å². The van der Waals surface area contributed by atoms with Crippen molar-refractivity contribution >= 4 is 41.5 Å². The Morgan fingerprint density at radius 2 is 1.97 bits per heavy atom. The molecule has 0 radical (unpaired) electrons. The zero-order chi connectivity index (χ0) is 25.2. The van der Waals surface area contributed by atoms with Gasteiger partial charge in [0, 0.05) is 17.4 Å². The van der Waals surface area contributed by atoms with E-state index in [0.29, 0.717) is 12.8 Å². The minimum atomic E-state index is -1.26. The molecule has 1 unspecified atom stereocenters. The highest BCUT2D eigenvalue weighted by Gasteiger charge is 2.68. The Morgan fingerprint density at radius 3 is 2.62 bits per heavy atom. The van der Waals surface area contributed by atoms with Crippen molar-refractivity contribution in [2.75, 3.05) is 12.3 Å². The van der Waals surface area contributed by atoms with Gasteiger partial charge in [-0.25, -0.2) is 0 Å². The van der Waals surface area contributed by atoms with Crippen LogP contribution in [0.15, 0.2) is 0 Å². The standard InChI is InChI=1S/C21H31N3O9S/c1-9-6-10-2-4-13-21(10,32)16(20(31)33-13)17(9)34-8-12(18(28)23-7-15(26)27)24-14(25)5-3-11(22)19(29)30/h9-13,16-17,32H,2-8,22H2,1H3,(H,23,28)(H,24,25)(H,26,27)(H,29,30)/t9-,10+,11-,12-,13+,16?,17+,21+/m0/s1. The van der Waals surface area contributed by atoms with Gasteiger partial charge < -0.3 is 36.4 Å². The number of nitrogens with two attached hydrogens (primary N) is 1. The van der Waals surface area contributed by atoms with E-state index >= 15 is 0 Å². The molecule has 2 aliphatic carbocycles. The zero-order valence-corrected chi connectivity index (χ0v) is 19.6. The third-order valence-corrected chi connectivity index (χ3v) is 8.67. The number of aliphatic carboxylic acids is 2. The lowest BCUT2D eigenvalue weighted by Crippen LogP contribution is -2.56. The Hall–Kier alpha value is -2.38. The minimum Gasteiger partial charge on any atom is -0.480 e. The van der Waals surface area contributed by atoms with E-state index < -0.39 is 66.0 Å². The maximum Gasteiger partial charge on any atom is 0.322 e. The molecule has 13 heteroatoms. The monoisotopic (exact) mass is 501 g/mol. The predicted molar refractivity (Wildman–Crippen MR) is 118 cm³/mol. The maximum atomic E-state index is 12.6. The van der Waals surface area contributed by atoms with Crippen molar-refractivity contribution in [2.45, 2.75) is 68.1 Å². The van der Waals surface area contributed by atoms with Gasteiger partial charge in [-0.2, -0.15) is 11.8 Å². The van der Waals surface area contributed by atoms with E-state index in [1.807, 2.05) is 6.92 Å². The van der Waals surface area contributed by atoms with E-state index in [1.54, 1.807) is 0 Å². The summed E-state index contributed by atoms with van der Waals surface area (Å²) in [5.74, 6) is -5.02. The fraction of sp³-hybridized carbons (Fsp3) is 0.762. The normalized spacial score (nSPS) is 33.4. The van der Waals surface area contributed by atoms with Crippen molar-refractivity contribution in [1.29, 1.82) is 0 Å². The molecule has 0 aromatic heterocycles. The summed E-state index contributed by atoms with van der Waals surface area (Å²) in [4.78, 5) is 59.3. The number of hydrogen-bond acceptors (Lipinski definition) is 9. The molecule has 2 saturated carbocycles.